The molecule has 0 fully saturated rings. The Morgan fingerprint density at radius 2 is 2.06 bits per heavy atom. The van der Waals surface area contributed by atoms with Gasteiger partial charge in [-0.1, -0.05) is 13.0 Å². The summed E-state index contributed by atoms with van der Waals surface area (Å²) in [5.74, 6) is 0.927. The van der Waals surface area contributed by atoms with Crippen molar-refractivity contribution in [2.24, 2.45) is 0 Å². The van der Waals surface area contributed by atoms with Gasteiger partial charge in [-0.2, -0.15) is 0 Å². The first-order valence-electron chi connectivity index (χ1n) is 6.06. The van der Waals surface area contributed by atoms with E-state index in [9.17, 15) is 0 Å². The average Bonchev–Trinajstić information content (AvgIpc) is 2.78. The monoisotopic (exact) mass is 233 g/mol. The number of benzene rings is 1. The van der Waals surface area contributed by atoms with Crippen molar-refractivity contribution in [3.63, 3.8) is 0 Å². The Labute approximate surface area is 102 Å². The third kappa shape index (κ3) is 2.61. The third-order valence-corrected chi connectivity index (χ3v) is 2.82. The summed E-state index contributed by atoms with van der Waals surface area (Å²) in [6, 6.07) is 8.20. The highest BCUT2D eigenvalue weighted by molar-refractivity contribution is 5.86. The number of hydrogen-bond donors (Lipinski definition) is 0. The molecule has 0 unspecified atom stereocenters. The second kappa shape index (κ2) is 5.73. The molecule has 2 aromatic rings. The normalized spacial score (nSPS) is 10.9. The molecule has 3 nitrogen and oxygen atoms in total. The third-order valence-electron chi connectivity index (χ3n) is 2.82. The van der Waals surface area contributed by atoms with Gasteiger partial charge in [0.05, 0.1) is 19.2 Å². The van der Waals surface area contributed by atoms with Crippen molar-refractivity contribution in [3.8, 4) is 5.75 Å². The second-order valence-corrected chi connectivity index (χ2v) is 4.01. The first-order valence-corrected chi connectivity index (χ1v) is 6.06. The summed E-state index contributed by atoms with van der Waals surface area (Å²) in [6.45, 7) is 4.60. The molecule has 0 N–H and O–H groups in total. The molecular formula is C14H19NO2. The summed E-state index contributed by atoms with van der Waals surface area (Å²) in [6.07, 6.45) is 3.16. The maximum Gasteiger partial charge on any atom is 0.128 e. The van der Waals surface area contributed by atoms with Crippen molar-refractivity contribution in [3.05, 3.63) is 30.5 Å². The first-order chi connectivity index (χ1) is 8.36. The van der Waals surface area contributed by atoms with Crippen LogP contribution < -0.4 is 4.74 Å². The van der Waals surface area contributed by atoms with E-state index in [0.717, 1.165) is 37.3 Å². The Kier molecular flexibility index (Phi) is 4.04. The Hall–Kier alpha value is -1.48. The van der Waals surface area contributed by atoms with Gasteiger partial charge in [-0.25, -0.2) is 0 Å². The summed E-state index contributed by atoms with van der Waals surface area (Å²) in [5, 5.41) is 1.16. The molecule has 0 spiro atoms. The Bertz CT molecular complexity index is 476. The zero-order valence-corrected chi connectivity index (χ0v) is 10.5. The maximum atomic E-state index is 5.51. The molecule has 0 aliphatic rings. The van der Waals surface area contributed by atoms with Crippen molar-refractivity contribution in [1.29, 1.82) is 0 Å². The molecule has 0 amide bonds. The molecule has 0 saturated heterocycles. The molecule has 3 heteroatoms. The van der Waals surface area contributed by atoms with E-state index < -0.39 is 0 Å². The molecule has 0 aliphatic heterocycles. The molecule has 0 saturated carbocycles. The van der Waals surface area contributed by atoms with Crippen LogP contribution in [0.1, 0.15) is 13.3 Å². The second-order valence-electron chi connectivity index (χ2n) is 4.01. The largest absolute Gasteiger partial charge is 0.496 e. The van der Waals surface area contributed by atoms with E-state index in [0.29, 0.717) is 0 Å². The van der Waals surface area contributed by atoms with E-state index in [1.165, 1.54) is 5.52 Å². The van der Waals surface area contributed by atoms with Crippen LogP contribution >= 0.6 is 0 Å². The summed E-state index contributed by atoms with van der Waals surface area (Å²) in [5.41, 5.74) is 1.20. The molecule has 1 aromatic carbocycles. The molecule has 0 aliphatic carbocycles. The quantitative estimate of drug-likeness (QED) is 0.716. The minimum atomic E-state index is 0.759. The number of rotatable bonds is 6. The van der Waals surface area contributed by atoms with E-state index in [-0.39, 0.29) is 0 Å². The zero-order valence-electron chi connectivity index (χ0n) is 10.5. The lowest BCUT2D eigenvalue weighted by Gasteiger charge is -2.07. The van der Waals surface area contributed by atoms with Crippen LogP contribution in [0.25, 0.3) is 10.9 Å². The highest BCUT2D eigenvalue weighted by Crippen LogP contribution is 2.25. The lowest BCUT2D eigenvalue weighted by atomic mass is 10.2. The van der Waals surface area contributed by atoms with Gasteiger partial charge in [-0.05, 0) is 24.6 Å². The van der Waals surface area contributed by atoms with Crippen LogP contribution in [0.5, 0.6) is 5.75 Å². The van der Waals surface area contributed by atoms with E-state index in [1.54, 1.807) is 7.11 Å². The number of nitrogens with zero attached hydrogens (tertiary/aromatic N) is 1. The van der Waals surface area contributed by atoms with Gasteiger partial charge in [0.15, 0.2) is 0 Å². The number of aromatic nitrogens is 1. The van der Waals surface area contributed by atoms with Crippen molar-refractivity contribution in [1.82, 2.24) is 4.57 Å². The fourth-order valence-corrected chi connectivity index (χ4v) is 1.98. The smallest absolute Gasteiger partial charge is 0.128 e. The maximum absolute atomic E-state index is 5.51. The van der Waals surface area contributed by atoms with Crippen LogP contribution in [-0.4, -0.2) is 24.9 Å². The Morgan fingerprint density at radius 1 is 1.18 bits per heavy atom. The van der Waals surface area contributed by atoms with E-state index in [1.807, 2.05) is 12.1 Å². The van der Waals surface area contributed by atoms with Crippen LogP contribution in [0.3, 0.4) is 0 Å². The summed E-state index contributed by atoms with van der Waals surface area (Å²) in [4.78, 5) is 0. The predicted octanol–water partition coefficient (Wildman–Crippen LogP) is 3.08. The number of hydrogen-bond acceptors (Lipinski definition) is 2. The first kappa shape index (κ1) is 12.0. The van der Waals surface area contributed by atoms with Gasteiger partial charge in [0, 0.05) is 24.7 Å². The summed E-state index contributed by atoms with van der Waals surface area (Å²) in [7, 11) is 1.70. The van der Waals surface area contributed by atoms with Gasteiger partial charge in [-0.3, -0.25) is 0 Å². The molecule has 17 heavy (non-hydrogen) atoms. The number of fused-ring (bicyclic) bond motifs is 1. The lowest BCUT2D eigenvalue weighted by molar-refractivity contribution is 0.127. The van der Waals surface area contributed by atoms with Crippen LogP contribution in [0.2, 0.25) is 0 Å². The van der Waals surface area contributed by atoms with Crippen molar-refractivity contribution >= 4 is 10.9 Å². The molecular weight excluding hydrogens is 214 g/mol. The fourth-order valence-electron chi connectivity index (χ4n) is 1.98. The van der Waals surface area contributed by atoms with Crippen molar-refractivity contribution in [2.75, 3.05) is 20.3 Å². The summed E-state index contributed by atoms with van der Waals surface area (Å²) >= 11 is 0. The van der Waals surface area contributed by atoms with Gasteiger partial charge in [0.2, 0.25) is 0 Å². The van der Waals surface area contributed by atoms with Crippen LogP contribution in [0.15, 0.2) is 30.5 Å². The molecule has 92 valence electrons. The van der Waals surface area contributed by atoms with Gasteiger partial charge < -0.3 is 14.0 Å². The number of ether oxygens (including phenoxy) is 2. The SMILES string of the molecule is CCCOCCn1ccc2c(OC)cccc21. The number of methoxy groups -OCH3 is 1. The molecule has 0 bridgehead atoms. The molecule has 1 aromatic heterocycles. The van der Waals surface area contributed by atoms with E-state index in [2.05, 4.69) is 29.8 Å². The Morgan fingerprint density at radius 3 is 2.82 bits per heavy atom. The standard InChI is InChI=1S/C14H19NO2/c1-3-10-17-11-9-15-8-7-12-13(15)5-4-6-14(12)16-2/h4-8H,3,9-11H2,1-2H3. The molecule has 1 heterocycles. The average molecular weight is 233 g/mol. The van der Waals surface area contributed by atoms with Gasteiger partial charge in [-0.15, -0.1) is 0 Å². The van der Waals surface area contributed by atoms with Crippen LogP contribution in [0, 0.1) is 0 Å². The van der Waals surface area contributed by atoms with Crippen LogP contribution in [-0.2, 0) is 11.3 Å². The van der Waals surface area contributed by atoms with Gasteiger partial charge >= 0.3 is 0 Å². The van der Waals surface area contributed by atoms with Crippen molar-refractivity contribution < 1.29 is 9.47 Å². The minimum Gasteiger partial charge on any atom is -0.496 e. The molecule has 2 rings (SSSR count). The van der Waals surface area contributed by atoms with E-state index in [4.69, 9.17) is 9.47 Å². The molecule has 0 atom stereocenters. The van der Waals surface area contributed by atoms with Crippen molar-refractivity contribution in [2.45, 2.75) is 19.9 Å². The highest BCUT2D eigenvalue weighted by Gasteiger charge is 2.04. The fraction of sp³-hybridized carbons (Fsp3) is 0.429. The molecule has 0 radical (unpaired) electrons. The zero-order chi connectivity index (χ0) is 12.1. The minimum absolute atomic E-state index is 0.759. The Balaban J connectivity index is 2.13. The van der Waals surface area contributed by atoms with Crippen LogP contribution in [0.4, 0.5) is 0 Å². The topological polar surface area (TPSA) is 23.4 Å². The summed E-state index contributed by atoms with van der Waals surface area (Å²) < 4.78 is 13.1. The highest BCUT2D eigenvalue weighted by atomic mass is 16.5. The van der Waals surface area contributed by atoms with Gasteiger partial charge in [0.1, 0.15) is 5.75 Å². The lowest BCUT2D eigenvalue weighted by Crippen LogP contribution is -2.05. The predicted molar refractivity (Wildman–Crippen MR) is 69.6 cm³/mol. The van der Waals surface area contributed by atoms with E-state index >= 15 is 0 Å². The van der Waals surface area contributed by atoms with Gasteiger partial charge in [0.25, 0.3) is 0 Å².